The first-order valence-corrected chi connectivity index (χ1v) is 13.1. The first-order valence-electron chi connectivity index (χ1n) is 12.3. The molecule has 38 heavy (non-hydrogen) atoms. The molecule has 0 spiro atoms. The standard InChI is InChI=1S/C29H30N2O6S/c1-19-23(30-26(36-19)21-8-6-5-7-9-21)15-17-35-22-12-10-20(11-13-22)18-24-27(33)31(28(34)38-24)16-14-25(32)37-29(2,3)4/h5-13,18H,14-17H2,1-4H3. The highest BCUT2D eigenvalue weighted by atomic mass is 32.2. The number of esters is 1. The Hall–Kier alpha value is -3.85. The molecular weight excluding hydrogens is 504 g/mol. The zero-order chi connectivity index (χ0) is 27.3. The van der Waals surface area contributed by atoms with Crippen LogP contribution in [0.5, 0.6) is 5.75 Å². The van der Waals surface area contributed by atoms with Crippen molar-refractivity contribution in [3.8, 4) is 17.2 Å². The van der Waals surface area contributed by atoms with Crippen LogP contribution in [0.1, 0.15) is 44.2 Å². The number of hydrogen-bond acceptors (Lipinski definition) is 8. The quantitative estimate of drug-likeness (QED) is 0.242. The summed E-state index contributed by atoms with van der Waals surface area (Å²) in [5, 5.41) is -0.400. The van der Waals surface area contributed by atoms with Crippen LogP contribution in [0.15, 0.2) is 63.9 Å². The molecule has 2 amide bonds. The maximum Gasteiger partial charge on any atom is 0.308 e. The Kier molecular flexibility index (Phi) is 8.36. The van der Waals surface area contributed by atoms with Crippen molar-refractivity contribution in [1.82, 2.24) is 9.88 Å². The summed E-state index contributed by atoms with van der Waals surface area (Å²) in [6.45, 7) is 7.61. The smallest absolute Gasteiger partial charge is 0.308 e. The SMILES string of the molecule is Cc1oc(-c2ccccc2)nc1CCOc1ccc(C=C2SC(=O)N(CCC(=O)OC(C)(C)C)C2=O)cc1. The molecule has 0 aliphatic carbocycles. The molecule has 1 saturated heterocycles. The Balaban J connectivity index is 1.29. The van der Waals surface area contributed by atoms with Crippen molar-refractivity contribution >= 4 is 35.0 Å². The van der Waals surface area contributed by atoms with Crippen molar-refractivity contribution in [3.63, 3.8) is 0 Å². The predicted molar refractivity (Wildman–Crippen MR) is 145 cm³/mol. The number of nitrogens with zero attached hydrogens (tertiary/aromatic N) is 2. The minimum Gasteiger partial charge on any atom is -0.493 e. The van der Waals surface area contributed by atoms with Crippen LogP contribution in [0.3, 0.4) is 0 Å². The van der Waals surface area contributed by atoms with Gasteiger partial charge >= 0.3 is 5.97 Å². The normalized spacial score (nSPS) is 14.8. The van der Waals surface area contributed by atoms with E-state index in [1.165, 1.54) is 0 Å². The van der Waals surface area contributed by atoms with Gasteiger partial charge in [0.1, 0.15) is 17.1 Å². The lowest BCUT2D eigenvalue weighted by atomic mass is 10.2. The molecule has 1 aliphatic rings. The lowest BCUT2D eigenvalue weighted by Gasteiger charge is -2.20. The molecule has 1 aliphatic heterocycles. The van der Waals surface area contributed by atoms with Crippen molar-refractivity contribution in [3.05, 3.63) is 76.5 Å². The summed E-state index contributed by atoms with van der Waals surface area (Å²) >= 11 is 0.858. The molecule has 0 bridgehead atoms. The van der Waals surface area contributed by atoms with Crippen LogP contribution in [-0.4, -0.2) is 45.8 Å². The van der Waals surface area contributed by atoms with Gasteiger partial charge < -0.3 is 13.9 Å². The Labute approximate surface area is 226 Å². The number of imide groups is 1. The van der Waals surface area contributed by atoms with E-state index in [-0.39, 0.29) is 13.0 Å². The number of carbonyl (C=O) groups is 3. The molecule has 0 atom stereocenters. The lowest BCUT2D eigenvalue weighted by Crippen LogP contribution is -2.32. The van der Waals surface area contributed by atoms with Gasteiger partial charge in [0.25, 0.3) is 11.1 Å². The van der Waals surface area contributed by atoms with Gasteiger partial charge in [-0.1, -0.05) is 30.3 Å². The zero-order valence-corrected chi connectivity index (χ0v) is 22.7. The summed E-state index contributed by atoms with van der Waals surface area (Å²) in [5.74, 6) is 1.17. The molecule has 0 N–H and O–H groups in total. The number of hydrogen-bond donors (Lipinski definition) is 0. The second kappa shape index (κ2) is 11.7. The van der Waals surface area contributed by atoms with E-state index in [9.17, 15) is 14.4 Å². The number of benzene rings is 2. The van der Waals surface area contributed by atoms with Crippen LogP contribution in [0.4, 0.5) is 4.79 Å². The fourth-order valence-electron chi connectivity index (χ4n) is 3.73. The summed E-state index contributed by atoms with van der Waals surface area (Å²) in [7, 11) is 0. The molecule has 2 heterocycles. The van der Waals surface area contributed by atoms with Crippen molar-refractivity contribution in [2.24, 2.45) is 0 Å². The van der Waals surface area contributed by atoms with Gasteiger partial charge in [-0.15, -0.1) is 0 Å². The van der Waals surface area contributed by atoms with E-state index >= 15 is 0 Å². The van der Waals surface area contributed by atoms with Gasteiger partial charge in [0, 0.05) is 18.5 Å². The van der Waals surface area contributed by atoms with Gasteiger partial charge in [0.05, 0.1) is 23.6 Å². The second-order valence-electron chi connectivity index (χ2n) is 9.73. The van der Waals surface area contributed by atoms with Crippen molar-refractivity contribution in [2.75, 3.05) is 13.2 Å². The molecule has 0 saturated carbocycles. The molecule has 198 valence electrons. The topological polar surface area (TPSA) is 98.9 Å². The van der Waals surface area contributed by atoms with Gasteiger partial charge in [-0.25, -0.2) is 4.98 Å². The monoisotopic (exact) mass is 534 g/mol. The van der Waals surface area contributed by atoms with Crippen molar-refractivity contribution < 1.29 is 28.3 Å². The number of thioether (sulfide) groups is 1. The van der Waals surface area contributed by atoms with E-state index in [4.69, 9.17) is 13.9 Å². The zero-order valence-electron chi connectivity index (χ0n) is 21.9. The van der Waals surface area contributed by atoms with Crippen LogP contribution in [-0.2, 0) is 20.7 Å². The van der Waals surface area contributed by atoms with E-state index in [2.05, 4.69) is 4.98 Å². The molecular formula is C29H30N2O6S. The summed E-state index contributed by atoms with van der Waals surface area (Å²) < 4.78 is 16.9. The number of oxazole rings is 1. The highest BCUT2D eigenvalue weighted by molar-refractivity contribution is 8.18. The third kappa shape index (κ3) is 7.13. The second-order valence-corrected chi connectivity index (χ2v) is 10.7. The average molecular weight is 535 g/mol. The van der Waals surface area contributed by atoms with Gasteiger partial charge in [0.15, 0.2) is 0 Å². The Morgan fingerprint density at radius 1 is 1.08 bits per heavy atom. The maximum absolute atomic E-state index is 12.7. The maximum atomic E-state index is 12.7. The summed E-state index contributed by atoms with van der Waals surface area (Å²) in [4.78, 5) is 43.0. The van der Waals surface area contributed by atoms with E-state index in [0.29, 0.717) is 29.6 Å². The van der Waals surface area contributed by atoms with E-state index in [1.54, 1.807) is 26.8 Å². The largest absolute Gasteiger partial charge is 0.493 e. The first-order chi connectivity index (χ1) is 18.1. The minimum absolute atomic E-state index is 0.0124. The molecule has 1 aromatic heterocycles. The molecule has 3 aromatic rings. The summed E-state index contributed by atoms with van der Waals surface area (Å²) in [5.41, 5.74) is 1.92. The average Bonchev–Trinajstić information content (AvgIpc) is 3.36. The van der Waals surface area contributed by atoms with E-state index < -0.39 is 22.7 Å². The third-order valence-corrected chi connectivity index (χ3v) is 6.44. The van der Waals surface area contributed by atoms with Gasteiger partial charge in [0.2, 0.25) is 5.89 Å². The molecule has 8 nitrogen and oxygen atoms in total. The number of rotatable bonds is 9. The first kappa shape index (κ1) is 27.2. The number of amides is 2. The van der Waals surface area contributed by atoms with Crippen LogP contribution >= 0.6 is 11.8 Å². The van der Waals surface area contributed by atoms with Crippen molar-refractivity contribution in [1.29, 1.82) is 0 Å². The van der Waals surface area contributed by atoms with E-state index in [1.807, 2.05) is 61.5 Å². The lowest BCUT2D eigenvalue weighted by molar-refractivity contribution is -0.155. The molecule has 1 fully saturated rings. The summed E-state index contributed by atoms with van der Waals surface area (Å²) in [6.07, 6.45) is 2.21. The Morgan fingerprint density at radius 3 is 2.47 bits per heavy atom. The van der Waals surface area contributed by atoms with Crippen molar-refractivity contribution in [2.45, 2.75) is 46.1 Å². The van der Waals surface area contributed by atoms with Gasteiger partial charge in [-0.2, -0.15) is 0 Å². The molecule has 0 unspecified atom stereocenters. The van der Waals surface area contributed by atoms with E-state index in [0.717, 1.165) is 39.2 Å². The minimum atomic E-state index is -0.618. The Bertz CT molecular complexity index is 1340. The highest BCUT2D eigenvalue weighted by Crippen LogP contribution is 2.32. The fourth-order valence-corrected chi connectivity index (χ4v) is 4.59. The van der Waals surface area contributed by atoms with Gasteiger partial charge in [-0.3, -0.25) is 19.3 Å². The fraction of sp³-hybridized carbons (Fsp3) is 0.310. The number of aryl methyl sites for hydroxylation is 1. The molecule has 2 aromatic carbocycles. The third-order valence-electron chi connectivity index (χ3n) is 5.53. The van der Waals surface area contributed by atoms with Crippen LogP contribution in [0.2, 0.25) is 0 Å². The van der Waals surface area contributed by atoms with Crippen LogP contribution in [0.25, 0.3) is 17.5 Å². The van der Waals surface area contributed by atoms with Crippen LogP contribution in [0, 0.1) is 6.92 Å². The van der Waals surface area contributed by atoms with Crippen LogP contribution < -0.4 is 4.74 Å². The number of carbonyl (C=O) groups excluding carboxylic acids is 3. The molecule has 9 heteroatoms. The number of aromatic nitrogens is 1. The summed E-state index contributed by atoms with van der Waals surface area (Å²) in [6, 6.07) is 17.0. The molecule has 0 radical (unpaired) electrons. The Morgan fingerprint density at radius 2 is 1.79 bits per heavy atom. The van der Waals surface area contributed by atoms with Gasteiger partial charge in [-0.05, 0) is 75.4 Å². The number of ether oxygens (including phenoxy) is 2. The highest BCUT2D eigenvalue weighted by Gasteiger charge is 2.35. The predicted octanol–water partition coefficient (Wildman–Crippen LogP) is 6.04. The molecule has 4 rings (SSSR count).